The predicted molar refractivity (Wildman–Crippen MR) is 62.9 cm³/mol. The highest BCUT2D eigenvalue weighted by Crippen LogP contribution is 2.38. The maximum atomic E-state index is 6.35. The highest BCUT2D eigenvalue weighted by atomic mass is 15.2. The lowest BCUT2D eigenvalue weighted by Gasteiger charge is -2.37. The molecule has 4 nitrogen and oxygen atoms in total. The third-order valence-electron chi connectivity index (χ3n) is 3.51. The maximum absolute atomic E-state index is 6.35. The summed E-state index contributed by atoms with van der Waals surface area (Å²) in [5, 5.41) is 0. The van der Waals surface area contributed by atoms with Gasteiger partial charge < -0.3 is 10.3 Å². The van der Waals surface area contributed by atoms with Crippen molar-refractivity contribution in [1.29, 1.82) is 0 Å². The van der Waals surface area contributed by atoms with E-state index in [1.54, 1.807) is 0 Å². The highest BCUT2D eigenvalue weighted by Gasteiger charge is 2.39. The molecule has 0 saturated heterocycles. The number of nitrogens with zero attached hydrogens (tertiary/aromatic N) is 3. The van der Waals surface area contributed by atoms with Gasteiger partial charge in [0.2, 0.25) is 0 Å². The van der Waals surface area contributed by atoms with Crippen LogP contribution in [0.5, 0.6) is 0 Å². The fourth-order valence-electron chi connectivity index (χ4n) is 2.42. The molecule has 0 amide bonds. The topological polar surface area (TPSA) is 56.7 Å². The number of imidazole rings is 1. The molecule has 4 heteroatoms. The standard InChI is InChI=1S/C12H16N4/c1-2-16-10-9(5-3-8-14-10)15-11(16)12(13)6-4-7-12/h3,5,8H,2,4,6-7,13H2,1H3. The largest absolute Gasteiger partial charge is 0.319 e. The zero-order valence-corrected chi connectivity index (χ0v) is 9.48. The lowest BCUT2D eigenvalue weighted by Crippen LogP contribution is -2.45. The third kappa shape index (κ3) is 1.19. The molecule has 3 rings (SSSR count). The molecule has 1 fully saturated rings. The van der Waals surface area contributed by atoms with Gasteiger partial charge >= 0.3 is 0 Å². The van der Waals surface area contributed by atoms with Crippen LogP contribution in [-0.2, 0) is 12.1 Å². The molecule has 0 aliphatic heterocycles. The van der Waals surface area contributed by atoms with Crippen LogP contribution in [0, 0.1) is 0 Å². The molecule has 0 aromatic carbocycles. The second-order valence-corrected chi connectivity index (χ2v) is 4.54. The fourth-order valence-corrected chi connectivity index (χ4v) is 2.42. The maximum Gasteiger partial charge on any atom is 0.160 e. The van der Waals surface area contributed by atoms with Gasteiger partial charge in [0.25, 0.3) is 0 Å². The Morgan fingerprint density at radius 1 is 1.50 bits per heavy atom. The number of aromatic nitrogens is 3. The van der Waals surface area contributed by atoms with Crippen LogP contribution in [0.15, 0.2) is 18.3 Å². The minimum Gasteiger partial charge on any atom is -0.319 e. The van der Waals surface area contributed by atoms with Crippen molar-refractivity contribution in [3.05, 3.63) is 24.2 Å². The van der Waals surface area contributed by atoms with Crippen molar-refractivity contribution < 1.29 is 0 Å². The Bertz CT molecular complexity index is 525. The molecular weight excluding hydrogens is 200 g/mol. The average Bonchev–Trinajstić information content (AvgIpc) is 2.64. The number of hydrogen-bond acceptors (Lipinski definition) is 3. The first-order valence-electron chi connectivity index (χ1n) is 5.85. The first-order valence-corrected chi connectivity index (χ1v) is 5.85. The van der Waals surface area contributed by atoms with Gasteiger partial charge in [-0.2, -0.15) is 0 Å². The van der Waals surface area contributed by atoms with Crippen LogP contribution in [0.2, 0.25) is 0 Å². The summed E-state index contributed by atoms with van der Waals surface area (Å²) in [5.74, 6) is 1.01. The molecule has 2 aromatic heterocycles. The zero-order chi connectivity index (χ0) is 11.2. The lowest BCUT2D eigenvalue weighted by molar-refractivity contribution is 0.231. The minimum atomic E-state index is -0.212. The van der Waals surface area contributed by atoms with Crippen LogP contribution in [0.3, 0.4) is 0 Å². The van der Waals surface area contributed by atoms with E-state index in [-0.39, 0.29) is 5.54 Å². The van der Waals surface area contributed by atoms with Crippen molar-refractivity contribution >= 4 is 11.2 Å². The molecular formula is C12H16N4. The van der Waals surface area contributed by atoms with Crippen molar-refractivity contribution in [2.75, 3.05) is 0 Å². The Morgan fingerprint density at radius 3 is 2.94 bits per heavy atom. The molecule has 0 spiro atoms. The predicted octanol–water partition coefficient (Wildman–Crippen LogP) is 1.79. The summed E-state index contributed by atoms with van der Waals surface area (Å²) >= 11 is 0. The van der Waals surface area contributed by atoms with Gasteiger partial charge in [0.05, 0.1) is 5.54 Å². The van der Waals surface area contributed by atoms with Crippen molar-refractivity contribution in [3.8, 4) is 0 Å². The molecule has 0 radical (unpaired) electrons. The molecule has 0 atom stereocenters. The van der Waals surface area contributed by atoms with E-state index in [0.717, 1.165) is 36.4 Å². The Kier molecular flexibility index (Phi) is 2.01. The summed E-state index contributed by atoms with van der Waals surface area (Å²) in [4.78, 5) is 9.04. The lowest BCUT2D eigenvalue weighted by atomic mass is 9.77. The number of fused-ring (bicyclic) bond motifs is 1. The van der Waals surface area contributed by atoms with E-state index in [1.807, 2.05) is 18.3 Å². The van der Waals surface area contributed by atoms with Crippen molar-refractivity contribution in [2.45, 2.75) is 38.3 Å². The second-order valence-electron chi connectivity index (χ2n) is 4.54. The summed E-state index contributed by atoms with van der Waals surface area (Å²) in [6, 6.07) is 3.92. The van der Waals surface area contributed by atoms with Gasteiger partial charge in [-0.05, 0) is 38.3 Å². The van der Waals surface area contributed by atoms with E-state index < -0.39 is 0 Å². The summed E-state index contributed by atoms with van der Waals surface area (Å²) in [6.45, 7) is 2.99. The molecule has 1 aliphatic carbocycles. The molecule has 1 aliphatic rings. The number of rotatable bonds is 2. The van der Waals surface area contributed by atoms with Crippen LogP contribution < -0.4 is 5.73 Å². The summed E-state index contributed by atoms with van der Waals surface area (Å²) < 4.78 is 2.15. The fraction of sp³-hybridized carbons (Fsp3) is 0.500. The van der Waals surface area contributed by atoms with Crippen molar-refractivity contribution in [1.82, 2.24) is 14.5 Å². The second kappa shape index (κ2) is 3.28. The van der Waals surface area contributed by atoms with Gasteiger partial charge in [-0.3, -0.25) is 0 Å². The molecule has 1 saturated carbocycles. The minimum absolute atomic E-state index is 0.212. The average molecular weight is 216 g/mol. The highest BCUT2D eigenvalue weighted by molar-refractivity contribution is 5.71. The smallest absolute Gasteiger partial charge is 0.160 e. The molecule has 2 heterocycles. The first kappa shape index (κ1) is 9.78. The van der Waals surface area contributed by atoms with Crippen LogP contribution >= 0.6 is 0 Å². The van der Waals surface area contributed by atoms with E-state index in [0.29, 0.717) is 0 Å². The Hall–Kier alpha value is -1.42. The monoisotopic (exact) mass is 216 g/mol. The van der Waals surface area contributed by atoms with E-state index in [1.165, 1.54) is 6.42 Å². The quantitative estimate of drug-likeness (QED) is 0.832. The van der Waals surface area contributed by atoms with Gasteiger partial charge in [0.15, 0.2) is 5.65 Å². The zero-order valence-electron chi connectivity index (χ0n) is 9.48. The number of hydrogen-bond donors (Lipinski definition) is 1. The number of nitrogens with two attached hydrogens (primary N) is 1. The van der Waals surface area contributed by atoms with Gasteiger partial charge in [-0.15, -0.1) is 0 Å². The van der Waals surface area contributed by atoms with Crippen LogP contribution in [0.1, 0.15) is 32.0 Å². The number of pyridine rings is 1. The molecule has 0 bridgehead atoms. The molecule has 16 heavy (non-hydrogen) atoms. The van der Waals surface area contributed by atoms with Gasteiger partial charge in [0, 0.05) is 12.7 Å². The molecule has 0 unspecified atom stereocenters. The van der Waals surface area contributed by atoms with Crippen molar-refractivity contribution in [2.24, 2.45) is 5.73 Å². The number of aryl methyl sites for hydroxylation is 1. The summed E-state index contributed by atoms with van der Waals surface area (Å²) in [7, 11) is 0. The van der Waals surface area contributed by atoms with Crippen molar-refractivity contribution in [3.63, 3.8) is 0 Å². The van der Waals surface area contributed by atoms with E-state index in [9.17, 15) is 0 Å². The van der Waals surface area contributed by atoms with Crippen LogP contribution in [0.4, 0.5) is 0 Å². The Balaban J connectivity index is 2.24. The van der Waals surface area contributed by atoms with Gasteiger partial charge in [0.1, 0.15) is 11.3 Å². The molecule has 2 aromatic rings. The third-order valence-corrected chi connectivity index (χ3v) is 3.51. The van der Waals surface area contributed by atoms with E-state index in [2.05, 4.69) is 21.5 Å². The SMILES string of the molecule is CCn1c(C2(N)CCC2)nc2cccnc21. The summed E-state index contributed by atoms with van der Waals surface area (Å²) in [6.07, 6.45) is 5.09. The van der Waals surface area contributed by atoms with E-state index in [4.69, 9.17) is 5.73 Å². The van der Waals surface area contributed by atoms with Gasteiger partial charge in [-0.1, -0.05) is 0 Å². The van der Waals surface area contributed by atoms with E-state index >= 15 is 0 Å². The van der Waals surface area contributed by atoms with Crippen LogP contribution in [0.25, 0.3) is 11.2 Å². The van der Waals surface area contributed by atoms with Gasteiger partial charge in [-0.25, -0.2) is 9.97 Å². The van der Waals surface area contributed by atoms with Crippen LogP contribution in [-0.4, -0.2) is 14.5 Å². The first-order chi connectivity index (χ1) is 7.74. The molecule has 2 N–H and O–H groups in total. The summed E-state index contributed by atoms with van der Waals surface area (Å²) in [5.41, 5.74) is 8.05. The Morgan fingerprint density at radius 2 is 2.31 bits per heavy atom. The molecule has 84 valence electrons. The Labute approximate surface area is 94.5 Å². The normalized spacial score (nSPS) is 18.6.